The number of halogens is 1. The van der Waals surface area contributed by atoms with Gasteiger partial charge in [-0.25, -0.2) is 0 Å². The molecule has 6 nitrogen and oxygen atoms in total. The van der Waals surface area contributed by atoms with Crippen LogP contribution in [0.4, 0.5) is 5.69 Å². The molecule has 1 aromatic carbocycles. The van der Waals surface area contributed by atoms with E-state index in [1.54, 1.807) is 30.2 Å². The smallest absolute Gasteiger partial charge is 0.227 e. The Morgan fingerprint density at radius 2 is 2.04 bits per heavy atom. The highest BCUT2D eigenvalue weighted by molar-refractivity contribution is 6.31. The van der Waals surface area contributed by atoms with Gasteiger partial charge in [0.1, 0.15) is 5.75 Å². The maximum Gasteiger partial charge on any atom is 0.227 e. The lowest BCUT2D eigenvalue weighted by Gasteiger charge is -2.30. The number of nitrogens with zero attached hydrogens (tertiary/aromatic N) is 1. The van der Waals surface area contributed by atoms with Crippen LogP contribution in [0.15, 0.2) is 18.2 Å². The Hall–Kier alpha value is -1.79. The van der Waals surface area contributed by atoms with Crippen molar-refractivity contribution in [3.63, 3.8) is 0 Å². The fourth-order valence-electron chi connectivity index (χ4n) is 4.48. The monoisotopic (exact) mass is 377 g/mol. The van der Waals surface area contributed by atoms with Crippen LogP contribution < -0.4 is 20.3 Å². The van der Waals surface area contributed by atoms with E-state index < -0.39 is 0 Å². The lowest BCUT2D eigenvalue weighted by molar-refractivity contribution is -0.127. The summed E-state index contributed by atoms with van der Waals surface area (Å²) in [6.45, 7) is 0.360. The molecule has 4 rings (SSSR count). The molecule has 3 saturated heterocycles. The molecule has 2 bridgehead atoms. The van der Waals surface area contributed by atoms with Crippen LogP contribution in [0.1, 0.15) is 32.1 Å². The number of piperidine rings is 1. The van der Waals surface area contributed by atoms with E-state index >= 15 is 0 Å². The van der Waals surface area contributed by atoms with Crippen LogP contribution in [0.5, 0.6) is 5.75 Å². The molecular formula is C19H24ClN3O3. The molecule has 3 fully saturated rings. The van der Waals surface area contributed by atoms with E-state index in [0.717, 1.165) is 12.8 Å². The van der Waals surface area contributed by atoms with Crippen LogP contribution in [0.3, 0.4) is 0 Å². The first-order valence-electron chi connectivity index (χ1n) is 9.24. The minimum Gasteiger partial charge on any atom is -0.495 e. The predicted molar refractivity (Wildman–Crippen MR) is 99.6 cm³/mol. The van der Waals surface area contributed by atoms with Crippen molar-refractivity contribution in [2.45, 2.75) is 50.2 Å². The van der Waals surface area contributed by atoms with Crippen molar-refractivity contribution in [3.8, 4) is 5.75 Å². The van der Waals surface area contributed by atoms with Gasteiger partial charge in [0.15, 0.2) is 0 Å². The summed E-state index contributed by atoms with van der Waals surface area (Å²) in [5.74, 6) is 0.154. The molecule has 3 heterocycles. The fraction of sp³-hybridized carbons (Fsp3) is 0.579. The molecule has 140 valence electrons. The highest BCUT2D eigenvalue weighted by Gasteiger charge is 2.39. The summed E-state index contributed by atoms with van der Waals surface area (Å²) in [6, 6.07) is 6.44. The lowest BCUT2D eigenvalue weighted by atomic mass is 9.98. The first kappa shape index (κ1) is 17.6. The Labute approximate surface area is 158 Å². The summed E-state index contributed by atoms with van der Waals surface area (Å²) in [7, 11) is 1.56. The molecule has 3 aliphatic rings. The molecule has 3 unspecified atom stereocenters. The SMILES string of the molecule is COc1ccc(Cl)cc1N1CC(C(=O)NC2CC3CCC(C2)N3)CC1=O. The van der Waals surface area contributed by atoms with Crippen molar-refractivity contribution in [2.24, 2.45) is 5.92 Å². The standard InChI is InChI=1S/C19H24ClN3O3/c1-26-17-5-2-12(20)7-16(17)23-10-11(6-18(23)24)19(25)22-15-8-13-3-4-14(9-15)21-13/h2,5,7,11,13-15,21H,3-4,6,8-10H2,1H3,(H,22,25). The van der Waals surface area contributed by atoms with Crippen LogP contribution in [-0.2, 0) is 9.59 Å². The summed E-state index contributed by atoms with van der Waals surface area (Å²) in [4.78, 5) is 26.8. The number of carbonyl (C=O) groups is 2. The highest BCUT2D eigenvalue weighted by Crippen LogP contribution is 2.35. The summed E-state index contributed by atoms with van der Waals surface area (Å²) in [6.07, 6.45) is 4.57. The van der Waals surface area contributed by atoms with Crippen molar-refractivity contribution in [3.05, 3.63) is 23.2 Å². The molecule has 1 aromatic rings. The van der Waals surface area contributed by atoms with Gasteiger partial charge in [-0.05, 0) is 43.9 Å². The minimum absolute atomic E-state index is 0.0202. The van der Waals surface area contributed by atoms with E-state index in [1.165, 1.54) is 12.8 Å². The van der Waals surface area contributed by atoms with Crippen LogP contribution in [0.25, 0.3) is 0 Å². The maximum atomic E-state index is 12.7. The predicted octanol–water partition coefficient (Wildman–Crippen LogP) is 2.10. The summed E-state index contributed by atoms with van der Waals surface area (Å²) >= 11 is 6.08. The van der Waals surface area contributed by atoms with E-state index in [-0.39, 0.29) is 30.2 Å². The van der Waals surface area contributed by atoms with Crippen molar-refractivity contribution >= 4 is 29.1 Å². The number of rotatable bonds is 4. The average Bonchev–Trinajstić information content (AvgIpc) is 3.17. The van der Waals surface area contributed by atoms with Gasteiger partial charge in [-0.1, -0.05) is 11.6 Å². The second-order valence-electron chi connectivity index (χ2n) is 7.54. The number of ether oxygens (including phenoxy) is 1. The van der Waals surface area contributed by atoms with E-state index in [0.29, 0.717) is 35.1 Å². The maximum absolute atomic E-state index is 12.7. The molecular weight excluding hydrogens is 354 g/mol. The first-order valence-corrected chi connectivity index (χ1v) is 9.61. The second-order valence-corrected chi connectivity index (χ2v) is 7.97. The van der Waals surface area contributed by atoms with Crippen molar-refractivity contribution in [1.82, 2.24) is 10.6 Å². The molecule has 7 heteroatoms. The Balaban J connectivity index is 1.43. The first-order chi connectivity index (χ1) is 12.5. The summed E-state index contributed by atoms with van der Waals surface area (Å²) < 4.78 is 5.35. The number of benzene rings is 1. The number of carbonyl (C=O) groups excluding carboxylic acids is 2. The molecule has 0 spiro atoms. The minimum atomic E-state index is -0.335. The number of hydrogen-bond acceptors (Lipinski definition) is 4. The van der Waals surface area contributed by atoms with Gasteiger partial charge in [0.25, 0.3) is 0 Å². The third kappa shape index (κ3) is 3.40. The topological polar surface area (TPSA) is 70.7 Å². The molecule has 0 radical (unpaired) electrons. The second kappa shape index (κ2) is 7.08. The third-order valence-electron chi connectivity index (χ3n) is 5.75. The van der Waals surface area contributed by atoms with E-state index in [4.69, 9.17) is 16.3 Å². The largest absolute Gasteiger partial charge is 0.495 e. The zero-order valence-corrected chi connectivity index (χ0v) is 15.6. The normalized spacial score (nSPS) is 30.5. The Kier molecular flexibility index (Phi) is 4.80. The van der Waals surface area contributed by atoms with Gasteiger partial charge >= 0.3 is 0 Å². The number of nitrogens with one attached hydrogen (secondary N) is 2. The summed E-state index contributed by atoms with van der Waals surface area (Å²) in [5, 5.41) is 7.29. The highest BCUT2D eigenvalue weighted by atomic mass is 35.5. The molecule has 26 heavy (non-hydrogen) atoms. The molecule has 0 saturated carbocycles. The average molecular weight is 378 g/mol. The van der Waals surface area contributed by atoms with Crippen molar-refractivity contribution in [1.29, 1.82) is 0 Å². The number of anilines is 1. The zero-order valence-electron chi connectivity index (χ0n) is 14.8. The van der Waals surface area contributed by atoms with Gasteiger partial charge in [0, 0.05) is 36.1 Å². The molecule has 3 aliphatic heterocycles. The fourth-order valence-corrected chi connectivity index (χ4v) is 4.65. The van der Waals surface area contributed by atoms with Crippen LogP contribution in [0, 0.1) is 5.92 Å². The zero-order chi connectivity index (χ0) is 18.3. The Bertz CT molecular complexity index is 714. The van der Waals surface area contributed by atoms with Gasteiger partial charge in [0.2, 0.25) is 11.8 Å². The van der Waals surface area contributed by atoms with Gasteiger partial charge in [-0.3, -0.25) is 9.59 Å². The lowest BCUT2D eigenvalue weighted by Crippen LogP contribution is -2.49. The molecule has 0 aliphatic carbocycles. The van der Waals surface area contributed by atoms with Gasteiger partial charge in [-0.15, -0.1) is 0 Å². The number of amides is 2. The van der Waals surface area contributed by atoms with E-state index in [9.17, 15) is 9.59 Å². The van der Waals surface area contributed by atoms with Gasteiger partial charge in [0.05, 0.1) is 18.7 Å². The van der Waals surface area contributed by atoms with Crippen molar-refractivity contribution in [2.75, 3.05) is 18.6 Å². The van der Waals surface area contributed by atoms with Gasteiger partial charge < -0.3 is 20.3 Å². The number of hydrogen-bond donors (Lipinski definition) is 2. The molecule has 2 amide bonds. The number of fused-ring (bicyclic) bond motifs is 2. The van der Waals surface area contributed by atoms with Crippen LogP contribution in [0.2, 0.25) is 5.02 Å². The molecule has 2 N–H and O–H groups in total. The molecule has 3 atom stereocenters. The van der Waals surface area contributed by atoms with Gasteiger partial charge in [-0.2, -0.15) is 0 Å². The Morgan fingerprint density at radius 1 is 1.31 bits per heavy atom. The summed E-state index contributed by atoms with van der Waals surface area (Å²) in [5.41, 5.74) is 0.625. The quantitative estimate of drug-likeness (QED) is 0.843. The van der Waals surface area contributed by atoms with Crippen molar-refractivity contribution < 1.29 is 14.3 Å². The van der Waals surface area contributed by atoms with Crippen LogP contribution >= 0.6 is 11.6 Å². The third-order valence-corrected chi connectivity index (χ3v) is 5.98. The van der Waals surface area contributed by atoms with E-state index in [2.05, 4.69) is 10.6 Å². The van der Waals surface area contributed by atoms with E-state index in [1.807, 2.05) is 0 Å². The Morgan fingerprint density at radius 3 is 2.73 bits per heavy atom. The van der Waals surface area contributed by atoms with Crippen LogP contribution in [-0.4, -0.2) is 43.6 Å². The number of methoxy groups -OCH3 is 1. The molecule has 0 aromatic heterocycles.